The highest BCUT2D eigenvalue weighted by Crippen LogP contribution is 2.34. The highest BCUT2D eigenvalue weighted by Gasteiger charge is 2.14. The third-order valence-corrected chi connectivity index (χ3v) is 6.65. The Balaban J connectivity index is 1.69. The van der Waals surface area contributed by atoms with Gasteiger partial charge in [0.25, 0.3) is 5.56 Å². The maximum absolute atomic E-state index is 13.2. The molecule has 0 spiro atoms. The Hall–Kier alpha value is -3.23. The van der Waals surface area contributed by atoms with Gasteiger partial charge in [0.1, 0.15) is 12.4 Å². The van der Waals surface area contributed by atoms with Gasteiger partial charge < -0.3 is 9.47 Å². The number of nitriles is 1. The first-order chi connectivity index (χ1) is 17.4. The van der Waals surface area contributed by atoms with Crippen molar-refractivity contribution in [3.8, 4) is 17.6 Å². The summed E-state index contributed by atoms with van der Waals surface area (Å²) in [6, 6.07) is 18.7. The van der Waals surface area contributed by atoms with Crippen LogP contribution in [-0.2, 0) is 13.0 Å². The van der Waals surface area contributed by atoms with E-state index in [4.69, 9.17) is 9.47 Å². The molecule has 0 aliphatic carbocycles. The predicted octanol–water partition coefficient (Wildman–Crippen LogP) is 6.06. The number of hydrogen-bond acceptors (Lipinski definition) is 6. The van der Waals surface area contributed by atoms with E-state index in [1.54, 1.807) is 18.3 Å². The van der Waals surface area contributed by atoms with Gasteiger partial charge in [-0.15, -0.1) is 0 Å². The van der Waals surface area contributed by atoms with Crippen LogP contribution in [0.3, 0.4) is 0 Å². The van der Waals surface area contributed by atoms with Crippen molar-refractivity contribution in [2.75, 3.05) is 6.61 Å². The maximum atomic E-state index is 13.2. The summed E-state index contributed by atoms with van der Waals surface area (Å²) in [5.74, 6) is 1.72. The van der Waals surface area contributed by atoms with E-state index in [1.165, 1.54) is 4.68 Å². The molecule has 0 atom stereocenters. The molecule has 0 radical (unpaired) electrons. The number of ether oxygens (including phenoxy) is 2. The Bertz CT molecular complexity index is 1560. The number of nitrogens with zero attached hydrogens (tertiary/aromatic N) is 4. The molecule has 0 aliphatic heterocycles. The highest BCUT2D eigenvalue weighted by atomic mass is 127. The molecule has 1 aromatic heterocycles. The number of aryl methyl sites for hydroxylation is 1. The van der Waals surface area contributed by atoms with E-state index in [2.05, 4.69) is 54.7 Å². The molecule has 0 saturated heterocycles. The molecule has 0 saturated carbocycles. The third-order valence-electron chi connectivity index (χ3n) is 5.36. The van der Waals surface area contributed by atoms with E-state index in [-0.39, 0.29) is 12.2 Å². The molecule has 36 heavy (non-hydrogen) atoms. The fourth-order valence-electron chi connectivity index (χ4n) is 3.64. The number of fused-ring (bicyclic) bond motifs is 1. The Morgan fingerprint density at radius 1 is 1.17 bits per heavy atom. The minimum absolute atomic E-state index is 0.231. The van der Waals surface area contributed by atoms with Crippen molar-refractivity contribution >= 4 is 55.6 Å². The Labute approximate surface area is 230 Å². The summed E-state index contributed by atoms with van der Waals surface area (Å²) in [5.41, 5.74) is 2.52. The first kappa shape index (κ1) is 25.9. The first-order valence-electron chi connectivity index (χ1n) is 11.3. The summed E-state index contributed by atoms with van der Waals surface area (Å²) in [7, 11) is 0. The van der Waals surface area contributed by atoms with Crippen molar-refractivity contribution in [2.24, 2.45) is 5.10 Å². The minimum atomic E-state index is -0.231. The molecule has 4 aromatic rings. The van der Waals surface area contributed by atoms with Crippen LogP contribution < -0.4 is 15.0 Å². The Morgan fingerprint density at radius 2 is 1.97 bits per heavy atom. The van der Waals surface area contributed by atoms with E-state index in [0.717, 1.165) is 19.2 Å². The van der Waals surface area contributed by atoms with Gasteiger partial charge in [0.15, 0.2) is 11.5 Å². The lowest BCUT2D eigenvalue weighted by Crippen LogP contribution is -2.22. The normalized spacial score (nSPS) is 11.1. The van der Waals surface area contributed by atoms with Gasteiger partial charge in [-0.25, -0.2) is 4.98 Å². The molecule has 9 heteroatoms. The first-order valence-corrected chi connectivity index (χ1v) is 13.1. The molecule has 0 unspecified atom stereocenters. The van der Waals surface area contributed by atoms with Crippen LogP contribution in [0.2, 0.25) is 0 Å². The monoisotopic (exact) mass is 656 g/mol. The summed E-state index contributed by atoms with van der Waals surface area (Å²) in [6.45, 7) is 4.52. The average molecular weight is 657 g/mol. The lowest BCUT2D eigenvalue weighted by atomic mass is 10.1. The number of halogens is 2. The standard InChI is InChI=1S/C27H22BrIN4O3/c1-3-25-32-23-10-9-20(28)13-21(23)27(34)33(25)31-15-17-11-22(29)26(24(12-17)35-4-2)36-16-19-8-6-5-7-18(19)14-30/h5-13,15H,3-4,16H2,1-2H3. The zero-order chi connectivity index (χ0) is 25.7. The molecule has 0 fully saturated rings. The Morgan fingerprint density at radius 3 is 2.72 bits per heavy atom. The van der Waals surface area contributed by atoms with E-state index >= 15 is 0 Å². The molecular formula is C27H22BrIN4O3. The van der Waals surface area contributed by atoms with Gasteiger partial charge in [0.05, 0.1) is 38.9 Å². The third kappa shape index (κ3) is 5.60. The van der Waals surface area contributed by atoms with Crippen molar-refractivity contribution in [2.45, 2.75) is 26.9 Å². The van der Waals surface area contributed by atoms with Gasteiger partial charge in [0.2, 0.25) is 0 Å². The summed E-state index contributed by atoms with van der Waals surface area (Å²) in [6.07, 6.45) is 2.17. The fourth-order valence-corrected chi connectivity index (χ4v) is 4.78. The van der Waals surface area contributed by atoms with Gasteiger partial charge in [-0.1, -0.05) is 41.1 Å². The van der Waals surface area contributed by atoms with Crippen LogP contribution in [0.25, 0.3) is 10.9 Å². The number of hydrogen-bond donors (Lipinski definition) is 0. The van der Waals surface area contributed by atoms with Crippen molar-refractivity contribution in [1.29, 1.82) is 5.26 Å². The number of rotatable bonds is 8. The molecule has 0 amide bonds. The van der Waals surface area contributed by atoms with Crippen LogP contribution in [0.4, 0.5) is 0 Å². The van der Waals surface area contributed by atoms with Crippen LogP contribution in [0.15, 0.2) is 69.0 Å². The Kier molecular flexibility index (Phi) is 8.38. The number of aromatic nitrogens is 2. The molecule has 1 heterocycles. The van der Waals surface area contributed by atoms with E-state index in [1.807, 2.05) is 56.3 Å². The molecule has 7 nitrogen and oxygen atoms in total. The topological polar surface area (TPSA) is 89.5 Å². The molecule has 0 aliphatic rings. The maximum Gasteiger partial charge on any atom is 0.282 e. The largest absolute Gasteiger partial charge is 0.490 e. The van der Waals surface area contributed by atoms with Gasteiger partial charge in [-0.3, -0.25) is 4.79 Å². The van der Waals surface area contributed by atoms with Gasteiger partial charge in [0, 0.05) is 16.5 Å². The van der Waals surface area contributed by atoms with Crippen LogP contribution in [0, 0.1) is 14.9 Å². The summed E-state index contributed by atoms with van der Waals surface area (Å²) in [5, 5.41) is 14.3. The lowest BCUT2D eigenvalue weighted by molar-refractivity contribution is 0.267. The van der Waals surface area contributed by atoms with E-state index in [0.29, 0.717) is 46.8 Å². The van der Waals surface area contributed by atoms with Gasteiger partial charge >= 0.3 is 0 Å². The van der Waals surface area contributed by atoms with Crippen LogP contribution >= 0.6 is 38.5 Å². The van der Waals surface area contributed by atoms with Gasteiger partial charge in [-0.05, 0) is 71.5 Å². The summed E-state index contributed by atoms with van der Waals surface area (Å²) in [4.78, 5) is 17.8. The molecule has 4 rings (SSSR count). The van der Waals surface area contributed by atoms with Crippen LogP contribution in [0.5, 0.6) is 11.5 Å². The van der Waals surface area contributed by atoms with Crippen molar-refractivity contribution in [3.63, 3.8) is 0 Å². The molecule has 182 valence electrons. The van der Waals surface area contributed by atoms with E-state index in [9.17, 15) is 10.1 Å². The summed E-state index contributed by atoms with van der Waals surface area (Å²) >= 11 is 5.60. The number of benzene rings is 3. The summed E-state index contributed by atoms with van der Waals surface area (Å²) < 4.78 is 14.9. The molecule has 3 aromatic carbocycles. The lowest BCUT2D eigenvalue weighted by Gasteiger charge is -2.15. The van der Waals surface area contributed by atoms with Crippen molar-refractivity contribution in [1.82, 2.24) is 9.66 Å². The van der Waals surface area contributed by atoms with Crippen molar-refractivity contribution in [3.05, 3.63) is 95.5 Å². The SMILES string of the molecule is CCOc1cc(C=Nn2c(CC)nc3ccc(Br)cc3c2=O)cc(I)c1OCc1ccccc1C#N. The second kappa shape index (κ2) is 11.7. The van der Waals surface area contributed by atoms with Gasteiger partial charge in [-0.2, -0.15) is 15.0 Å². The average Bonchev–Trinajstić information content (AvgIpc) is 2.88. The second-order valence-electron chi connectivity index (χ2n) is 7.73. The van der Waals surface area contributed by atoms with Crippen LogP contribution in [-0.4, -0.2) is 22.5 Å². The van der Waals surface area contributed by atoms with E-state index < -0.39 is 0 Å². The minimum Gasteiger partial charge on any atom is -0.490 e. The zero-order valence-electron chi connectivity index (χ0n) is 19.7. The fraction of sp³-hybridized carbons (Fsp3) is 0.185. The molecule has 0 N–H and O–H groups in total. The molecule has 0 bridgehead atoms. The zero-order valence-corrected chi connectivity index (χ0v) is 23.4. The quantitative estimate of drug-likeness (QED) is 0.170. The second-order valence-corrected chi connectivity index (χ2v) is 9.80. The van der Waals surface area contributed by atoms with Crippen LogP contribution in [0.1, 0.15) is 36.4 Å². The van der Waals surface area contributed by atoms with Crippen molar-refractivity contribution < 1.29 is 9.47 Å². The molecular weight excluding hydrogens is 635 g/mol. The predicted molar refractivity (Wildman–Crippen MR) is 152 cm³/mol. The highest BCUT2D eigenvalue weighted by molar-refractivity contribution is 14.1. The smallest absolute Gasteiger partial charge is 0.282 e.